The summed E-state index contributed by atoms with van der Waals surface area (Å²) in [6.45, 7) is 14.9. The lowest BCUT2D eigenvalue weighted by Gasteiger charge is -2.72. The van der Waals surface area contributed by atoms with Crippen molar-refractivity contribution in [1.29, 1.82) is 0 Å². The predicted octanol–water partition coefficient (Wildman–Crippen LogP) is 5.38. The van der Waals surface area contributed by atoms with Crippen LogP contribution in [0.4, 0.5) is 0 Å². The molecule has 0 bridgehead atoms. The van der Waals surface area contributed by atoms with Crippen molar-refractivity contribution >= 4 is 11.8 Å². The standard InChI is InChI=1S/C30H46O5/c1-17-10-13-30(24(33)34)15-14-27(5)18(22(30)29(17,7)35)8-9-20-26(4)12-11-21(32)25(2,3)23(26)19(31)16-28(20,27)6/h8,17,19-20,22-23,31,35H,9-16H2,1-7H3,(H,33,34). The highest BCUT2D eigenvalue weighted by molar-refractivity contribution is 5.85. The van der Waals surface area contributed by atoms with Crippen LogP contribution in [0.25, 0.3) is 0 Å². The number of rotatable bonds is 1. The van der Waals surface area contributed by atoms with Crippen molar-refractivity contribution in [3.05, 3.63) is 11.6 Å². The zero-order chi connectivity index (χ0) is 26.0. The molecule has 0 aromatic heterocycles. The molecule has 0 radical (unpaired) electrons. The summed E-state index contributed by atoms with van der Waals surface area (Å²) in [4.78, 5) is 25.8. The Morgan fingerprint density at radius 2 is 1.69 bits per heavy atom. The Hall–Kier alpha value is -1.20. The predicted molar refractivity (Wildman–Crippen MR) is 134 cm³/mol. The van der Waals surface area contributed by atoms with Crippen LogP contribution in [0.3, 0.4) is 0 Å². The molecular formula is C30H46O5. The SMILES string of the molecule is CC1CCC2(C(=O)O)CCC3(C)C(=CCC4C5(C)CCC(=O)C(C)(C)C5C(O)CC43C)C2C1(C)O. The minimum absolute atomic E-state index is 0.0257. The van der Waals surface area contributed by atoms with Gasteiger partial charge < -0.3 is 15.3 Å². The number of carbonyl (C=O) groups is 2. The maximum Gasteiger partial charge on any atom is 0.310 e. The molecule has 10 atom stereocenters. The summed E-state index contributed by atoms with van der Waals surface area (Å²) in [6.07, 6.45) is 7.18. The van der Waals surface area contributed by atoms with Crippen LogP contribution in [0.1, 0.15) is 99.8 Å². The van der Waals surface area contributed by atoms with E-state index in [2.05, 4.69) is 33.8 Å². The van der Waals surface area contributed by atoms with E-state index in [0.717, 1.165) is 31.3 Å². The monoisotopic (exact) mass is 486 g/mol. The summed E-state index contributed by atoms with van der Waals surface area (Å²) < 4.78 is 0. The molecule has 196 valence electrons. The highest BCUT2D eigenvalue weighted by atomic mass is 16.4. The molecule has 0 aromatic rings. The number of aliphatic hydroxyl groups excluding tert-OH is 1. The van der Waals surface area contributed by atoms with E-state index in [4.69, 9.17) is 0 Å². The fourth-order valence-corrected chi connectivity index (χ4v) is 10.8. The number of hydrogen-bond acceptors (Lipinski definition) is 4. The van der Waals surface area contributed by atoms with Crippen LogP contribution in [0.5, 0.6) is 0 Å². The van der Waals surface area contributed by atoms with Crippen LogP contribution < -0.4 is 0 Å². The van der Waals surface area contributed by atoms with Crippen molar-refractivity contribution in [2.24, 2.45) is 50.7 Å². The van der Waals surface area contributed by atoms with Gasteiger partial charge in [0.2, 0.25) is 0 Å². The van der Waals surface area contributed by atoms with E-state index in [0.29, 0.717) is 31.6 Å². The van der Waals surface area contributed by atoms with Crippen molar-refractivity contribution < 1.29 is 24.9 Å². The Morgan fingerprint density at radius 3 is 2.31 bits per heavy atom. The minimum atomic E-state index is -1.09. The second kappa shape index (κ2) is 7.22. The summed E-state index contributed by atoms with van der Waals surface area (Å²) in [5, 5.41) is 34.1. The molecule has 0 saturated heterocycles. The van der Waals surface area contributed by atoms with Crippen molar-refractivity contribution in [2.75, 3.05) is 0 Å². The van der Waals surface area contributed by atoms with Crippen molar-refractivity contribution in [3.8, 4) is 0 Å². The first-order valence-corrected chi connectivity index (χ1v) is 13.9. The van der Waals surface area contributed by atoms with Gasteiger partial charge in [-0.1, -0.05) is 53.2 Å². The Balaban J connectivity index is 1.67. The maximum absolute atomic E-state index is 12.9. The maximum atomic E-state index is 12.9. The highest BCUT2D eigenvalue weighted by Gasteiger charge is 2.72. The van der Waals surface area contributed by atoms with E-state index < -0.39 is 34.4 Å². The molecule has 5 aliphatic rings. The lowest BCUT2D eigenvalue weighted by Crippen LogP contribution is -2.69. The zero-order valence-corrected chi connectivity index (χ0v) is 22.8. The van der Waals surface area contributed by atoms with Gasteiger partial charge in [0.15, 0.2) is 0 Å². The number of aliphatic carboxylic acids is 1. The first kappa shape index (κ1) is 25.4. The Bertz CT molecular complexity index is 995. The molecule has 0 aromatic carbocycles. The third-order valence-corrected chi connectivity index (χ3v) is 13.1. The Kier molecular flexibility index (Phi) is 5.25. The number of allylic oxidation sites excluding steroid dienone is 1. The third kappa shape index (κ3) is 2.83. The van der Waals surface area contributed by atoms with Gasteiger partial charge in [0, 0.05) is 23.7 Å². The molecule has 10 unspecified atom stereocenters. The van der Waals surface area contributed by atoms with Gasteiger partial charge in [0.25, 0.3) is 0 Å². The number of hydrogen-bond donors (Lipinski definition) is 3. The lowest BCUT2D eigenvalue weighted by molar-refractivity contribution is -0.228. The topological polar surface area (TPSA) is 94.8 Å². The average molecular weight is 487 g/mol. The van der Waals surface area contributed by atoms with Crippen LogP contribution >= 0.6 is 0 Å². The first-order chi connectivity index (χ1) is 16.0. The lowest BCUT2D eigenvalue weighted by atomic mass is 9.32. The molecule has 4 saturated carbocycles. The van der Waals surface area contributed by atoms with Gasteiger partial charge >= 0.3 is 5.97 Å². The van der Waals surface area contributed by atoms with Crippen molar-refractivity contribution in [1.82, 2.24) is 0 Å². The second-order valence-electron chi connectivity index (χ2n) is 14.7. The summed E-state index contributed by atoms with van der Waals surface area (Å²) in [6, 6.07) is 0. The van der Waals surface area contributed by atoms with Crippen LogP contribution in [0.2, 0.25) is 0 Å². The number of Topliss-reactive ketones (excluding diaryl/α,β-unsaturated/α-hetero) is 1. The molecule has 0 heterocycles. The molecule has 0 aliphatic heterocycles. The van der Waals surface area contributed by atoms with Gasteiger partial charge in [-0.15, -0.1) is 0 Å². The number of carboxylic acid groups (broad SMARTS) is 1. The molecule has 0 spiro atoms. The summed E-state index contributed by atoms with van der Waals surface area (Å²) in [5.41, 5.74) is -2.15. The first-order valence-electron chi connectivity index (χ1n) is 13.9. The van der Waals surface area contributed by atoms with E-state index in [9.17, 15) is 24.9 Å². The van der Waals surface area contributed by atoms with Crippen LogP contribution in [-0.4, -0.2) is 38.8 Å². The van der Waals surface area contributed by atoms with Crippen LogP contribution in [-0.2, 0) is 9.59 Å². The average Bonchev–Trinajstić information content (AvgIpc) is 2.74. The van der Waals surface area contributed by atoms with Crippen LogP contribution in [0.15, 0.2) is 11.6 Å². The van der Waals surface area contributed by atoms with Gasteiger partial charge in [-0.2, -0.15) is 0 Å². The number of ketones is 1. The summed E-state index contributed by atoms with van der Waals surface area (Å²) in [5.74, 6) is -0.678. The highest BCUT2D eigenvalue weighted by Crippen LogP contribution is 2.75. The summed E-state index contributed by atoms with van der Waals surface area (Å²) in [7, 11) is 0. The molecule has 5 aliphatic carbocycles. The molecule has 0 amide bonds. The van der Waals surface area contributed by atoms with Gasteiger partial charge in [0.1, 0.15) is 5.78 Å². The molecule has 3 N–H and O–H groups in total. The van der Waals surface area contributed by atoms with E-state index in [1.807, 2.05) is 20.8 Å². The Morgan fingerprint density at radius 1 is 1.03 bits per heavy atom. The van der Waals surface area contributed by atoms with Gasteiger partial charge in [-0.3, -0.25) is 9.59 Å². The third-order valence-electron chi connectivity index (χ3n) is 13.1. The van der Waals surface area contributed by atoms with Crippen molar-refractivity contribution in [3.63, 3.8) is 0 Å². The number of aliphatic hydroxyl groups is 2. The molecule has 4 fully saturated rings. The van der Waals surface area contributed by atoms with E-state index >= 15 is 0 Å². The minimum Gasteiger partial charge on any atom is -0.481 e. The number of carbonyl (C=O) groups excluding carboxylic acids is 1. The Labute approximate surface area is 210 Å². The van der Waals surface area contributed by atoms with Gasteiger partial charge in [-0.05, 0) is 80.0 Å². The fraction of sp³-hybridized carbons (Fsp3) is 0.867. The normalized spacial score (nSPS) is 55.1. The van der Waals surface area contributed by atoms with Crippen LogP contribution in [0, 0.1) is 50.7 Å². The van der Waals surface area contributed by atoms with E-state index in [1.54, 1.807) is 0 Å². The largest absolute Gasteiger partial charge is 0.481 e. The second-order valence-corrected chi connectivity index (χ2v) is 14.7. The number of fused-ring (bicyclic) bond motifs is 7. The molecule has 5 rings (SSSR count). The fourth-order valence-electron chi connectivity index (χ4n) is 10.8. The number of carboxylic acids is 1. The van der Waals surface area contributed by atoms with Gasteiger partial charge in [0.05, 0.1) is 17.1 Å². The quantitative estimate of drug-likeness (QED) is 0.432. The molecule has 35 heavy (non-hydrogen) atoms. The summed E-state index contributed by atoms with van der Waals surface area (Å²) >= 11 is 0. The smallest absolute Gasteiger partial charge is 0.310 e. The zero-order valence-electron chi connectivity index (χ0n) is 22.8. The molecular weight excluding hydrogens is 440 g/mol. The molecule has 5 nitrogen and oxygen atoms in total. The van der Waals surface area contributed by atoms with E-state index in [-0.39, 0.29) is 33.9 Å². The molecule has 5 heteroatoms. The van der Waals surface area contributed by atoms with Gasteiger partial charge in [-0.25, -0.2) is 0 Å². The van der Waals surface area contributed by atoms with E-state index in [1.165, 1.54) is 0 Å². The van der Waals surface area contributed by atoms with Crippen molar-refractivity contribution in [2.45, 2.75) is 112 Å².